The molecule has 0 aliphatic carbocycles. The van der Waals surface area contributed by atoms with Crippen LogP contribution in [0.15, 0.2) is 15.5 Å². The van der Waals surface area contributed by atoms with Crippen LogP contribution in [0.1, 0.15) is 23.0 Å². The Bertz CT molecular complexity index is 375. The maximum absolute atomic E-state index is 11.0. The van der Waals surface area contributed by atoms with Crippen molar-refractivity contribution in [1.82, 2.24) is 0 Å². The summed E-state index contributed by atoms with van der Waals surface area (Å²) in [4.78, 5) is 21.8. The molecule has 1 rings (SSSR count). The van der Waals surface area contributed by atoms with Crippen molar-refractivity contribution in [2.24, 2.45) is 0 Å². The molecule has 64 valence electrons. The van der Waals surface area contributed by atoms with Crippen LogP contribution in [0, 0.1) is 6.92 Å². The van der Waals surface area contributed by atoms with Crippen LogP contribution in [0.25, 0.3) is 0 Å². The van der Waals surface area contributed by atoms with Gasteiger partial charge in [0.25, 0.3) is 0 Å². The summed E-state index contributed by atoms with van der Waals surface area (Å²) in [6.45, 7) is 2.71. The van der Waals surface area contributed by atoms with Gasteiger partial charge in [0.05, 0.1) is 6.26 Å². The Morgan fingerprint density at radius 1 is 1.58 bits per heavy atom. The predicted octanol–water partition coefficient (Wildman–Crippen LogP) is 0.856. The van der Waals surface area contributed by atoms with E-state index in [0.29, 0.717) is 0 Å². The van der Waals surface area contributed by atoms with Crippen molar-refractivity contribution in [3.8, 4) is 5.75 Å². The predicted molar refractivity (Wildman–Crippen MR) is 41.4 cm³/mol. The van der Waals surface area contributed by atoms with Gasteiger partial charge in [-0.3, -0.25) is 9.59 Å². The molecule has 0 aliphatic heterocycles. The van der Waals surface area contributed by atoms with E-state index in [0.717, 1.165) is 6.26 Å². The maximum atomic E-state index is 11.0. The summed E-state index contributed by atoms with van der Waals surface area (Å²) in [5.41, 5.74) is -0.288. The number of ketones is 1. The minimum Gasteiger partial charge on any atom is -0.501 e. The quantitative estimate of drug-likeness (QED) is 0.631. The molecule has 1 aromatic rings. The number of carbonyl (C=O) groups excluding carboxylic acids is 1. The number of aromatic hydroxyl groups is 1. The van der Waals surface area contributed by atoms with Gasteiger partial charge in [0.2, 0.25) is 16.9 Å². The van der Waals surface area contributed by atoms with Gasteiger partial charge in [-0.25, -0.2) is 0 Å². The van der Waals surface area contributed by atoms with Gasteiger partial charge in [0.15, 0.2) is 5.78 Å². The molecule has 0 saturated carbocycles. The fourth-order valence-corrected chi connectivity index (χ4v) is 0.796. The van der Waals surface area contributed by atoms with Gasteiger partial charge in [-0.1, -0.05) is 0 Å². The summed E-state index contributed by atoms with van der Waals surface area (Å²) < 4.78 is 4.73. The van der Waals surface area contributed by atoms with Crippen LogP contribution in [-0.4, -0.2) is 10.9 Å². The Morgan fingerprint density at radius 3 is 2.67 bits per heavy atom. The van der Waals surface area contributed by atoms with Crippen molar-refractivity contribution >= 4 is 5.78 Å². The van der Waals surface area contributed by atoms with Gasteiger partial charge in [-0.15, -0.1) is 0 Å². The zero-order valence-corrected chi connectivity index (χ0v) is 6.75. The highest BCUT2D eigenvalue weighted by atomic mass is 16.4. The van der Waals surface area contributed by atoms with E-state index in [2.05, 4.69) is 0 Å². The monoisotopic (exact) mass is 168 g/mol. The molecule has 1 N–H and O–H groups in total. The third-order valence-corrected chi connectivity index (χ3v) is 1.46. The fourth-order valence-electron chi connectivity index (χ4n) is 0.796. The van der Waals surface area contributed by atoms with E-state index in [-0.39, 0.29) is 11.3 Å². The molecule has 4 nitrogen and oxygen atoms in total. The van der Waals surface area contributed by atoms with Crippen molar-refractivity contribution in [3.05, 3.63) is 27.8 Å². The Hall–Kier alpha value is -1.58. The maximum Gasteiger partial charge on any atom is 0.230 e. The number of carbonyl (C=O) groups is 1. The van der Waals surface area contributed by atoms with Crippen LogP contribution in [0.2, 0.25) is 0 Å². The molecule has 0 aliphatic rings. The van der Waals surface area contributed by atoms with Crippen molar-refractivity contribution in [2.75, 3.05) is 0 Å². The molecule has 0 amide bonds. The highest BCUT2D eigenvalue weighted by molar-refractivity contribution is 5.93. The minimum atomic E-state index is -0.609. The number of Topliss-reactive ketones (excluding diaryl/α,β-unsaturated/α-hetero) is 1. The van der Waals surface area contributed by atoms with Gasteiger partial charge in [0.1, 0.15) is 0 Å². The molecule has 1 heterocycles. The van der Waals surface area contributed by atoms with Gasteiger partial charge >= 0.3 is 0 Å². The van der Waals surface area contributed by atoms with E-state index in [1.165, 1.54) is 13.8 Å². The van der Waals surface area contributed by atoms with Crippen molar-refractivity contribution < 1.29 is 14.3 Å². The second-order valence-electron chi connectivity index (χ2n) is 2.48. The van der Waals surface area contributed by atoms with Crippen molar-refractivity contribution in [1.29, 1.82) is 0 Å². The molecule has 0 fully saturated rings. The molecule has 0 saturated heterocycles. The molecule has 1 aromatic heterocycles. The largest absolute Gasteiger partial charge is 0.501 e. The molecule has 0 spiro atoms. The number of hydrogen-bond acceptors (Lipinski definition) is 4. The Balaban J connectivity index is 3.47. The summed E-state index contributed by atoms with van der Waals surface area (Å²) in [5.74, 6) is -1.36. The van der Waals surface area contributed by atoms with Gasteiger partial charge in [-0.2, -0.15) is 0 Å². The smallest absolute Gasteiger partial charge is 0.230 e. The first-order valence-corrected chi connectivity index (χ1v) is 3.36. The third kappa shape index (κ3) is 1.23. The number of rotatable bonds is 1. The van der Waals surface area contributed by atoms with Gasteiger partial charge in [0, 0.05) is 12.5 Å². The van der Waals surface area contributed by atoms with Gasteiger partial charge in [-0.05, 0) is 6.92 Å². The lowest BCUT2D eigenvalue weighted by atomic mass is 10.2. The van der Waals surface area contributed by atoms with E-state index in [9.17, 15) is 9.59 Å². The van der Waals surface area contributed by atoms with Crippen LogP contribution in [0.3, 0.4) is 0 Å². The number of aryl methyl sites for hydroxylation is 1. The standard InChI is InChI=1S/C8H8O4/c1-4-3-12-8(5(2)9)7(11)6(4)10/h3,11H,1-2H3. The second-order valence-corrected chi connectivity index (χ2v) is 2.48. The molecule has 0 atom stereocenters. The molecule has 0 radical (unpaired) electrons. The number of hydrogen-bond donors (Lipinski definition) is 1. The minimum absolute atomic E-state index is 0.275. The Kier molecular flexibility index (Phi) is 1.99. The first kappa shape index (κ1) is 8.52. The van der Waals surface area contributed by atoms with Crippen LogP contribution in [0.4, 0.5) is 0 Å². The summed E-state index contributed by atoms with van der Waals surface area (Å²) >= 11 is 0. The third-order valence-electron chi connectivity index (χ3n) is 1.46. The molecular weight excluding hydrogens is 160 g/mol. The molecule has 0 unspecified atom stereocenters. The van der Waals surface area contributed by atoms with Crippen LogP contribution < -0.4 is 5.43 Å². The molecule has 4 heteroatoms. The van der Waals surface area contributed by atoms with E-state index >= 15 is 0 Å². The lowest BCUT2D eigenvalue weighted by molar-refractivity contribution is 0.0980. The summed E-state index contributed by atoms with van der Waals surface area (Å²) in [5, 5.41) is 9.12. The van der Waals surface area contributed by atoms with E-state index < -0.39 is 17.0 Å². The first-order chi connectivity index (χ1) is 5.54. The average molecular weight is 168 g/mol. The van der Waals surface area contributed by atoms with Crippen molar-refractivity contribution in [3.63, 3.8) is 0 Å². The van der Waals surface area contributed by atoms with Crippen LogP contribution >= 0.6 is 0 Å². The highest BCUT2D eigenvalue weighted by Crippen LogP contribution is 2.12. The summed E-state index contributed by atoms with van der Waals surface area (Å²) in [7, 11) is 0. The summed E-state index contributed by atoms with van der Waals surface area (Å²) in [6, 6.07) is 0. The summed E-state index contributed by atoms with van der Waals surface area (Å²) in [6.07, 6.45) is 1.15. The average Bonchev–Trinajstić information content (AvgIpc) is 2.00. The zero-order chi connectivity index (χ0) is 9.30. The lowest BCUT2D eigenvalue weighted by Crippen LogP contribution is -2.08. The van der Waals surface area contributed by atoms with Crippen LogP contribution in [-0.2, 0) is 0 Å². The Morgan fingerprint density at radius 2 is 2.17 bits per heavy atom. The zero-order valence-electron chi connectivity index (χ0n) is 6.75. The molecule has 12 heavy (non-hydrogen) atoms. The normalized spacial score (nSPS) is 9.83. The fraction of sp³-hybridized carbons (Fsp3) is 0.250. The lowest BCUT2D eigenvalue weighted by Gasteiger charge is -1.98. The molecule has 0 aromatic carbocycles. The van der Waals surface area contributed by atoms with Crippen LogP contribution in [0.5, 0.6) is 5.75 Å². The topological polar surface area (TPSA) is 67.5 Å². The highest BCUT2D eigenvalue weighted by Gasteiger charge is 2.13. The molecule has 0 bridgehead atoms. The van der Waals surface area contributed by atoms with Gasteiger partial charge < -0.3 is 9.52 Å². The van der Waals surface area contributed by atoms with E-state index in [1.807, 2.05) is 0 Å². The second kappa shape index (κ2) is 2.81. The molecular formula is C8H8O4. The van der Waals surface area contributed by atoms with Crippen molar-refractivity contribution in [2.45, 2.75) is 13.8 Å². The first-order valence-electron chi connectivity index (χ1n) is 3.36. The SMILES string of the molecule is CC(=O)c1occ(C)c(=O)c1O. The van der Waals surface area contributed by atoms with E-state index in [4.69, 9.17) is 9.52 Å². The Labute approximate surface area is 68.4 Å². The van der Waals surface area contributed by atoms with E-state index in [1.54, 1.807) is 0 Å².